The molecule has 1 aromatic rings. The van der Waals surface area contributed by atoms with E-state index in [-0.39, 0.29) is 11.3 Å². The number of thioether (sulfide) groups is 1. The van der Waals surface area contributed by atoms with Crippen molar-refractivity contribution in [3.63, 3.8) is 0 Å². The highest BCUT2D eigenvalue weighted by atomic mass is 32.2. The van der Waals surface area contributed by atoms with Crippen LogP contribution >= 0.6 is 11.8 Å². The van der Waals surface area contributed by atoms with Crippen molar-refractivity contribution in [2.24, 2.45) is 0 Å². The zero-order valence-corrected chi connectivity index (χ0v) is 11.5. The number of rotatable bonds is 8. The van der Waals surface area contributed by atoms with Gasteiger partial charge in [-0.15, -0.1) is 0 Å². The third-order valence-corrected chi connectivity index (χ3v) is 3.31. The summed E-state index contributed by atoms with van der Waals surface area (Å²) in [6.45, 7) is 0.467. The van der Waals surface area contributed by atoms with Crippen LogP contribution in [0.15, 0.2) is 12.1 Å². The van der Waals surface area contributed by atoms with Crippen LogP contribution in [-0.4, -0.2) is 29.6 Å². The first-order chi connectivity index (χ1) is 9.06. The highest BCUT2D eigenvalue weighted by Gasteiger charge is 2.13. The molecule has 0 spiro atoms. The van der Waals surface area contributed by atoms with Gasteiger partial charge in [0.05, 0.1) is 5.56 Å². The molecule has 0 aliphatic carbocycles. The maximum absolute atomic E-state index is 13.5. The lowest BCUT2D eigenvalue weighted by Crippen LogP contribution is -2.08. The second kappa shape index (κ2) is 7.99. The maximum Gasteiger partial charge on any atom is 0.335 e. The normalized spacial score (nSPS) is 10.5. The minimum Gasteiger partial charge on any atom is -0.478 e. The zero-order chi connectivity index (χ0) is 14.3. The topological polar surface area (TPSA) is 49.3 Å². The first-order valence-corrected chi connectivity index (χ1v) is 7.40. The quantitative estimate of drug-likeness (QED) is 0.718. The van der Waals surface area contributed by atoms with Gasteiger partial charge < -0.3 is 10.4 Å². The summed E-state index contributed by atoms with van der Waals surface area (Å²) >= 11 is 1.77. The van der Waals surface area contributed by atoms with E-state index in [0.29, 0.717) is 6.54 Å². The Balaban J connectivity index is 2.52. The van der Waals surface area contributed by atoms with Crippen LogP contribution in [0.1, 0.15) is 29.6 Å². The van der Waals surface area contributed by atoms with Crippen molar-refractivity contribution >= 4 is 23.4 Å². The van der Waals surface area contributed by atoms with Crippen molar-refractivity contribution < 1.29 is 18.7 Å². The van der Waals surface area contributed by atoms with Crippen LogP contribution in [0.5, 0.6) is 0 Å². The number of benzene rings is 1. The molecule has 0 atom stereocenters. The van der Waals surface area contributed by atoms with Gasteiger partial charge in [-0.25, -0.2) is 13.6 Å². The Kier molecular flexibility index (Phi) is 6.62. The number of unbranched alkanes of at least 4 members (excludes halogenated alkanes) is 2. The maximum atomic E-state index is 13.5. The Bertz CT molecular complexity index is 418. The van der Waals surface area contributed by atoms with Gasteiger partial charge in [0.1, 0.15) is 17.3 Å². The average Bonchev–Trinajstić information content (AvgIpc) is 2.35. The smallest absolute Gasteiger partial charge is 0.335 e. The Hall–Kier alpha value is -1.30. The third kappa shape index (κ3) is 5.06. The molecule has 3 nitrogen and oxygen atoms in total. The number of anilines is 1. The summed E-state index contributed by atoms with van der Waals surface area (Å²) < 4.78 is 27.1. The number of nitrogens with one attached hydrogen (secondary N) is 1. The summed E-state index contributed by atoms with van der Waals surface area (Å²) in [6, 6.07) is 1.64. The summed E-state index contributed by atoms with van der Waals surface area (Å²) in [7, 11) is 0. The summed E-state index contributed by atoms with van der Waals surface area (Å²) in [5.41, 5.74) is -0.643. The van der Waals surface area contributed by atoms with Crippen LogP contribution in [-0.2, 0) is 0 Å². The molecule has 0 aromatic heterocycles. The van der Waals surface area contributed by atoms with E-state index in [0.717, 1.165) is 37.1 Å². The molecule has 0 amide bonds. The number of carboxylic acids is 1. The SMILES string of the molecule is CSCCCCCNc1c(F)cc(C(=O)O)cc1F. The summed E-state index contributed by atoms with van der Waals surface area (Å²) in [4.78, 5) is 10.6. The number of hydrogen-bond donors (Lipinski definition) is 2. The lowest BCUT2D eigenvalue weighted by molar-refractivity contribution is 0.0696. The van der Waals surface area contributed by atoms with Crippen molar-refractivity contribution in [2.45, 2.75) is 19.3 Å². The van der Waals surface area contributed by atoms with Crippen molar-refractivity contribution in [2.75, 3.05) is 23.9 Å². The molecule has 0 heterocycles. The molecule has 106 valence electrons. The number of carbonyl (C=O) groups is 1. The molecule has 0 bridgehead atoms. The van der Waals surface area contributed by atoms with E-state index in [2.05, 4.69) is 5.32 Å². The molecule has 1 rings (SSSR count). The monoisotopic (exact) mass is 289 g/mol. The standard InChI is InChI=1S/C13H17F2NO2S/c1-19-6-4-2-3-5-16-12-10(14)7-9(13(17)18)8-11(12)15/h7-8,16H,2-6H2,1H3,(H,17,18). The lowest BCUT2D eigenvalue weighted by Gasteiger charge is -2.09. The second-order valence-corrected chi connectivity index (χ2v) is 5.09. The van der Waals surface area contributed by atoms with E-state index in [1.165, 1.54) is 0 Å². The number of carboxylic acid groups (broad SMARTS) is 1. The summed E-state index contributed by atoms with van der Waals surface area (Å²) in [5, 5.41) is 11.3. The van der Waals surface area contributed by atoms with E-state index in [9.17, 15) is 13.6 Å². The molecule has 1 aromatic carbocycles. The van der Waals surface area contributed by atoms with Crippen molar-refractivity contribution in [3.05, 3.63) is 29.3 Å². The molecule has 0 radical (unpaired) electrons. The molecule has 0 fully saturated rings. The van der Waals surface area contributed by atoms with Gasteiger partial charge in [-0.3, -0.25) is 0 Å². The van der Waals surface area contributed by atoms with E-state index in [4.69, 9.17) is 5.11 Å². The fourth-order valence-electron chi connectivity index (χ4n) is 1.63. The predicted octanol–water partition coefficient (Wildman–Crippen LogP) is 3.61. The average molecular weight is 289 g/mol. The van der Waals surface area contributed by atoms with Gasteiger partial charge in [0, 0.05) is 6.54 Å². The molecular formula is C13H17F2NO2S. The molecule has 0 saturated heterocycles. The molecule has 0 unspecified atom stereocenters. The minimum absolute atomic E-state index is 0.255. The Morgan fingerprint density at radius 2 is 1.89 bits per heavy atom. The Morgan fingerprint density at radius 3 is 2.42 bits per heavy atom. The van der Waals surface area contributed by atoms with E-state index < -0.39 is 17.6 Å². The molecule has 0 aliphatic rings. The number of halogens is 2. The Morgan fingerprint density at radius 1 is 1.26 bits per heavy atom. The van der Waals surface area contributed by atoms with Crippen LogP contribution in [0.25, 0.3) is 0 Å². The van der Waals surface area contributed by atoms with Gasteiger partial charge in [-0.05, 0) is 37.0 Å². The first-order valence-electron chi connectivity index (χ1n) is 6.01. The van der Waals surface area contributed by atoms with Crippen LogP contribution in [0.4, 0.5) is 14.5 Å². The summed E-state index contributed by atoms with van der Waals surface area (Å²) in [5.74, 6) is -2.01. The molecular weight excluding hydrogens is 272 g/mol. The highest BCUT2D eigenvalue weighted by molar-refractivity contribution is 7.98. The Labute approximate surface area is 115 Å². The van der Waals surface area contributed by atoms with Crippen molar-refractivity contribution in [1.82, 2.24) is 0 Å². The lowest BCUT2D eigenvalue weighted by atomic mass is 10.2. The fourth-order valence-corrected chi connectivity index (χ4v) is 2.12. The van der Waals surface area contributed by atoms with Gasteiger partial charge in [-0.1, -0.05) is 6.42 Å². The molecule has 6 heteroatoms. The molecule has 19 heavy (non-hydrogen) atoms. The molecule has 0 saturated carbocycles. The van der Waals surface area contributed by atoms with Gasteiger partial charge in [-0.2, -0.15) is 11.8 Å². The van der Waals surface area contributed by atoms with Crippen LogP contribution in [0, 0.1) is 11.6 Å². The number of hydrogen-bond acceptors (Lipinski definition) is 3. The zero-order valence-electron chi connectivity index (χ0n) is 10.7. The van der Waals surface area contributed by atoms with E-state index >= 15 is 0 Å². The van der Waals surface area contributed by atoms with E-state index in [1.54, 1.807) is 11.8 Å². The van der Waals surface area contributed by atoms with Gasteiger partial charge >= 0.3 is 5.97 Å². The largest absolute Gasteiger partial charge is 0.478 e. The van der Waals surface area contributed by atoms with Crippen molar-refractivity contribution in [1.29, 1.82) is 0 Å². The number of aromatic carboxylic acids is 1. The van der Waals surface area contributed by atoms with Crippen LogP contribution in [0.2, 0.25) is 0 Å². The van der Waals surface area contributed by atoms with Crippen LogP contribution in [0.3, 0.4) is 0 Å². The van der Waals surface area contributed by atoms with E-state index in [1.807, 2.05) is 6.26 Å². The summed E-state index contributed by atoms with van der Waals surface area (Å²) in [6.07, 6.45) is 4.92. The van der Waals surface area contributed by atoms with Crippen molar-refractivity contribution in [3.8, 4) is 0 Å². The first kappa shape index (κ1) is 15.8. The van der Waals surface area contributed by atoms with Gasteiger partial charge in [0.15, 0.2) is 0 Å². The molecule has 2 N–H and O–H groups in total. The highest BCUT2D eigenvalue weighted by Crippen LogP contribution is 2.21. The predicted molar refractivity (Wildman–Crippen MR) is 74.0 cm³/mol. The second-order valence-electron chi connectivity index (χ2n) is 4.10. The van der Waals surface area contributed by atoms with Gasteiger partial charge in [0.25, 0.3) is 0 Å². The third-order valence-electron chi connectivity index (χ3n) is 2.62. The van der Waals surface area contributed by atoms with Crippen LogP contribution < -0.4 is 5.32 Å². The minimum atomic E-state index is -1.35. The van der Waals surface area contributed by atoms with Gasteiger partial charge in [0.2, 0.25) is 0 Å². The fraction of sp³-hybridized carbons (Fsp3) is 0.462. The molecule has 0 aliphatic heterocycles.